The summed E-state index contributed by atoms with van der Waals surface area (Å²) in [5.41, 5.74) is 2.37. The Morgan fingerprint density at radius 3 is 2.82 bits per heavy atom. The van der Waals surface area contributed by atoms with Crippen molar-refractivity contribution in [1.82, 2.24) is 0 Å². The predicted octanol–water partition coefficient (Wildman–Crippen LogP) is 5.29. The van der Waals surface area contributed by atoms with Gasteiger partial charge in [0, 0.05) is 21.8 Å². The molecule has 0 bridgehead atoms. The first-order valence-corrected chi connectivity index (χ1v) is 10.3. The minimum Gasteiger partial charge on any atom is -0.495 e. The molecule has 2 aromatic carbocycles. The fourth-order valence-corrected chi connectivity index (χ4v) is 4.05. The Kier molecular flexibility index (Phi) is 6.93. The monoisotopic (exact) mass is 483 g/mol. The molecule has 1 aliphatic rings. The molecule has 8 heteroatoms. The van der Waals surface area contributed by atoms with Gasteiger partial charge in [-0.15, -0.1) is 0 Å². The number of hydrogen-bond acceptors (Lipinski definition) is 5. The van der Waals surface area contributed by atoms with Crippen LogP contribution in [-0.4, -0.2) is 30.8 Å². The van der Waals surface area contributed by atoms with E-state index in [-0.39, 0.29) is 12.4 Å². The number of rotatable bonds is 5. The van der Waals surface area contributed by atoms with Crippen LogP contribution in [0.5, 0.6) is 5.75 Å². The summed E-state index contributed by atoms with van der Waals surface area (Å²) in [5.74, 6) is 0.265. The molecule has 1 heterocycles. The number of methoxy groups -OCH3 is 1. The van der Waals surface area contributed by atoms with E-state index < -0.39 is 12.2 Å². The summed E-state index contributed by atoms with van der Waals surface area (Å²) in [6.45, 7) is 2.06. The molecular weight excluding hydrogens is 466 g/mol. The Labute approximate surface area is 182 Å². The van der Waals surface area contributed by atoms with Gasteiger partial charge in [0.15, 0.2) is 0 Å². The van der Waals surface area contributed by atoms with Gasteiger partial charge in [-0.2, -0.15) is 0 Å². The predicted molar refractivity (Wildman–Crippen MR) is 116 cm³/mol. The molecule has 0 saturated heterocycles. The number of nitrogens with one attached hydrogen (secondary N) is 1. The molecule has 28 heavy (non-hydrogen) atoms. The first-order chi connectivity index (χ1) is 13.4. The van der Waals surface area contributed by atoms with E-state index in [0.717, 1.165) is 21.3 Å². The van der Waals surface area contributed by atoms with Gasteiger partial charge in [0.05, 0.1) is 24.6 Å². The number of anilines is 1. The van der Waals surface area contributed by atoms with Gasteiger partial charge >= 0.3 is 5.97 Å². The van der Waals surface area contributed by atoms with E-state index in [1.165, 1.54) is 0 Å². The van der Waals surface area contributed by atoms with Crippen LogP contribution in [0.2, 0.25) is 5.02 Å². The highest BCUT2D eigenvalue weighted by Crippen LogP contribution is 2.43. The van der Waals surface area contributed by atoms with E-state index >= 15 is 0 Å². The van der Waals surface area contributed by atoms with Crippen molar-refractivity contribution in [1.29, 1.82) is 0 Å². The van der Waals surface area contributed by atoms with Gasteiger partial charge in [-0.25, -0.2) is 0 Å². The van der Waals surface area contributed by atoms with E-state index in [9.17, 15) is 4.79 Å². The molecule has 0 amide bonds. The highest BCUT2D eigenvalue weighted by Gasteiger charge is 2.33. The molecule has 0 spiro atoms. The summed E-state index contributed by atoms with van der Waals surface area (Å²) in [7, 11) is 1.60. The average Bonchev–Trinajstić information content (AvgIpc) is 2.78. The molecule has 3 rings (SSSR count). The quantitative estimate of drug-likeness (QED) is 0.460. The van der Waals surface area contributed by atoms with Crippen molar-refractivity contribution in [3.05, 3.63) is 57.0 Å². The minimum absolute atomic E-state index is 0.00815. The third kappa shape index (κ3) is 4.49. The van der Waals surface area contributed by atoms with Crippen molar-refractivity contribution < 1.29 is 19.0 Å². The Hall–Kier alpha value is -1.67. The molecule has 0 aliphatic carbocycles. The van der Waals surface area contributed by atoms with E-state index in [2.05, 4.69) is 21.2 Å². The summed E-state index contributed by atoms with van der Waals surface area (Å²) >= 11 is 15.3. The fraction of sp³-hybridized carbons (Fsp3) is 0.300. The van der Waals surface area contributed by atoms with Crippen LogP contribution in [0.4, 0.5) is 5.69 Å². The number of carbonyl (C=O) groups excluding carboxylic acids is 1. The second-order valence-corrected chi connectivity index (χ2v) is 7.83. The summed E-state index contributed by atoms with van der Waals surface area (Å²) in [5, 5.41) is 3.75. The topological polar surface area (TPSA) is 56.8 Å². The maximum Gasteiger partial charge on any atom is 0.308 e. The van der Waals surface area contributed by atoms with E-state index in [1.54, 1.807) is 20.1 Å². The Balaban J connectivity index is 2.09. The lowest BCUT2D eigenvalue weighted by molar-refractivity contribution is -0.145. The molecule has 148 valence electrons. The Morgan fingerprint density at radius 1 is 1.32 bits per heavy atom. The van der Waals surface area contributed by atoms with Crippen LogP contribution in [-0.2, 0) is 14.3 Å². The standard InChI is InChI=1S/C20H19BrClNO4S/c1-3-26-17(24)10-16-20(28)23-15-8-7-11(22)9-13(15)18(27-16)12-5-4-6-14(21)19(12)25-2/h4-9,16,18H,3,10H2,1-2H3,(H,23,28)/t16-,18-/m1/s1. The van der Waals surface area contributed by atoms with Crippen LogP contribution in [0, 0.1) is 0 Å². The summed E-state index contributed by atoms with van der Waals surface area (Å²) in [4.78, 5) is 12.5. The molecule has 0 saturated carbocycles. The Morgan fingerprint density at radius 2 is 2.11 bits per heavy atom. The number of ether oxygens (including phenoxy) is 3. The zero-order chi connectivity index (χ0) is 20.3. The van der Waals surface area contributed by atoms with Crippen molar-refractivity contribution in [3.63, 3.8) is 0 Å². The third-order valence-corrected chi connectivity index (χ3v) is 5.51. The number of esters is 1. The SMILES string of the molecule is CCOC(=O)C[C@H]1O[C@H](c2cccc(Br)c2OC)c2cc(Cl)ccc2NC1=S. The second kappa shape index (κ2) is 9.22. The number of thiocarbonyl (C=S) groups is 1. The number of carbonyl (C=O) groups is 1. The summed E-state index contributed by atoms with van der Waals surface area (Å²) in [6.07, 6.45) is -1.20. The number of para-hydroxylation sites is 1. The smallest absolute Gasteiger partial charge is 0.308 e. The largest absolute Gasteiger partial charge is 0.495 e. The van der Waals surface area contributed by atoms with Gasteiger partial charge in [0.25, 0.3) is 0 Å². The maximum atomic E-state index is 12.1. The van der Waals surface area contributed by atoms with Gasteiger partial charge in [-0.05, 0) is 47.1 Å². The number of hydrogen-bond donors (Lipinski definition) is 1. The van der Waals surface area contributed by atoms with Crippen LogP contribution in [0.1, 0.15) is 30.6 Å². The fourth-order valence-electron chi connectivity index (χ4n) is 3.08. The highest BCUT2D eigenvalue weighted by atomic mass is 79.9. The molecular formula is C20H19BrClNO4S. The van der Waals surface area contributed by atoms with Gasteiger partial charge in [-0.1, -0.05) is 36.0 Å². The first-order valence-electron chi connectivity index (χ1n) is 8.68. The molecule has 1 N–H and O–H groups in total. The van der Waals surface area contributed by atoms with Crippen LogP contribution in [0.15, 0.2) is 40.9 Å². The molecule has 0 fully saturated rings. The van der Waals surface area contributed by atoms with Crippen molar-refractivity contribution in [2.75, 3.05) is 19.0 Å². The van der Waals surface area contributed by atoms with E-state index in [4.69, 9.17) is 38.0 Å². The van der Waals surface area contributed by atoms with Crippen molar-refractivity contribution in [2.45, 2.75) is 25.6 Å². The maximum absolute atomic E-state index is 12.1. The van der Waals surface area contributed by atoms with Crippen LogP contribution in [0.25, 0.3) is 0 Å². The van der Waals surface area contributed by atoms with Gasteiger partial charge in [-0.3, -0.25) is 4.79 Å². The van der Waals surface area contributed by atoms with Crippen LogP contribution in [0.3, 0.4) is 0 Å². The van der Waals surface area contributed by atoms with E-state index in [1.807, 2.05) is 30.3 Å². The zero-order valence-electron chi connectivity index (χ0n) is 15.3. The number of fused-ring (bicyclic) bond motifs is 1. The Bertz CT molecular complexity index is 908. The van der Waals surface area contributed by atoms with E-state index in [0.29, 0.717) is 22.4 Å². The number of benzene rings is 2. The minimum atomic E-state index is -0.658. The zero-order valence-corrected chi connectivity index (χ0v) is 18.5. The number of halogens is 2. The highest BCUT2D eigenvalue weighted by molar-refractivity contribution is 9.10. The molecule has 2 aromatic rings. The molecule has 0 unspecified atom stereocenters. The molecule has 2 atom stereocenters. The van der Waals surface area contributed by atoms with Crippen LogP contribution >= 0.6 is 39.7 Å². The van der Waals surface area contributed by atoms with Gasteiger partial charge < -0.3 is 19.5 Å². The second-order valence-electron chi connectivity index (χ2n) is 6.10. The van der Waals surface area contributed by atoms with Gasteiger partial charge in [0.2, 0.25) is 0 Å². The summed E-state index contributed by atoms with van der Waals surface area (Å²) in [6, 6.07) is 11.1. The molecule has 0 radical (unpaired) electrons. The van der Waals surface area contributed by atoms with Gasteiger partial charge in [0.1, 0.15) is 22.9 Å². The van der Waals surface area contributed by atoms with Crippen LogP contribution < -0.4 is 10.1 Å². The first kappa shape index (κ1) is 21.0. The normalized spacial score (nSPS) is 18.6. The average molecular weight is 485 g/mol. The molecule has 0 aromatic heterocycles. The lowest BCUT2D eigenvalue weighted by Gasteiger charge is -2.24. The lowest BCUT2D eigenvalue weighted by atomic mass is 9.99. The lowest BCUT2D eigenvalue weighted by Crippen LogP contribution is -2.31. The van der Waals surface area contributed by atoms with Crippen molar-refractivity contribution in [2.24, 2.45) is 0 Å². The summed E-state index contributed by atoms with van der Waals surface area (Å²) < 4.78 is 17.8. The van der Waals surface area contributed by atoms with Crippen molar-refractivity contribution >= 4 is 56.4 Å². The van der Waals surface area contributed by atoms with Crippen molar-refractivity contribution in [3.8, 4) is 5.75 Å². The molecule has 1 aliphatic heterocycles. The molecule has 5 nitrogen and oxygen atoms in total. The third-order valence-electron chi connectivity index (χ3n) is 4.29.